The molecule has 5 nitrogen and oxygen atoms in total. The third-order valence-electron chi connectivity index (χ3n) is 3.23. The zero-order valence-electron chi connectivity index (χ0n) is 13.6. The van der Waals surface area contributed by atoms with Crippen LogP contribution in [0.25, 0.3) is 0 Å². The number of nitrogens with one attached hydrogen (secondary N) is 1. The van der Waals surface area contributed by atoms with Gasteiger partial charge in [-0.05, 0) is 37.3 Å². The molecule has 0 aliphatic heterocycles. The number of hydrogen-bond donors (Lipinski definition) is 2. The zero-order chi connectivity index (χ0) is 18.2. The fourth-order valence-electron chi connectivity index (χ4n) is 1.93. The molecule has 0 fully saturated rings. The van der Waals surface area contributed by atoms with Gasteiger partial charge in [0.2, 0.25) is 0 Å². The summed E-state index contributed by atoms with van der Waals surface area (Å²) in [4.78, 5) is 24.6. The van der Waals surface area contributed by atoms with Crippen molar-refractivity contribution in [1.82, 2.24) is 5.32 Å². The molecule has 0 bridgehead atoms. The van der Waals surface area contributed by atoms with Gasteiger partial charge in [0.15, 0.2) is 6.61 Å². The Morgan fingerprint density at radius 1 is 1.20 bits per heavy atom. The van der Waals surface area contributed by atoms with Crippen molar-refractivity contribution in [3.8, 4) is 5.75 Å². The van der Waals surface area contributed by atoms with Crippen molar-refractivity contribution < 1.29 is 19.4 Å². The number of aromatic hydroxyl groups is 1. The van der Waals surface area contributed by atoms with Crippen LogP contribution in [-0.2, 0) is 9.53 Å². The smallest absolute Gasteiger partial charge is 0.342 e. The third kappa shape index (κ3) is 6.32. The first-order chi connectivity index (χ1) is 12.0. The molecule has 25 heavy (non-hydrogen) atoms. The molecular weight excluding hydrogens is 362 g/mol. The summed E-state index contributed by atoms with van der Waals surface area (Å²) in [5, 5.41) is 12.6. The summed E-state index contributed by atoms with van der Waals surface area (Å²) in [5.74, 6) is -0.752. The maximum Gasteiger partial charge on any atom is 0.342 e. The number of benzene rings is 2. The largest absolute Gasteiger partial charge is 0.507 e. The molecule has 0 aliphatic rings. The van der Waals surface area contributed by atoms with Crippen LogP contribution in [0.1, 0.15) is 15.9 Å². The molecule has 132 valence electrons. The number of ether oxygens (including phenoxy) is 1. The second kappa shape index (κ2) is 9.34. The van der Waals surface area contributed by atoms with Gasteiger partial charge in [-0.3, -0.25) is 4.79 Å². The van der Waals surface area contributed by atoms with Crippen LogP contribution in [0.5, 0.6) is 5.75 Å². The normalized spacial score (nSPS) is 10.3. The lowest BCUT2D eigenvalue weighted by Crippen LogP contribution is -2.30. The lowest BCUT2D eigenvalue weighted by Gasteiger charge is -2.08. The first-order valence-electron chi connectivity index (χ1n) is 7.57. The van der Waals surface area contributed by atoms with Crippen molar-refractivity contribution in [3.63, 3.8) is 0 Å². The van der Waals surface area contributed by atoms with Gasteiger partial charge >= 0.3 is 5.97 Å². The van der Waals surface area contributed by atoms with Crippen molar-refractivity contribution in [2.24, 2.45) is 0 Å². The number of carbonyl (C=O) groups is 2. The standard InChI is InChI=1S/C18H18ClNO4S/c1-12-2-5-14(6-3-12)25-9-8-20-17(22)11-24-18(23)15-7-4-13(19)10-16(15)21/h2-7,10,21H,8-9,11H2,1H3,(H,20,22). The van der Waals surface area contributed by atoms with Crippen LogP contribution < -0.4 is 5.32 Å². The molecule has 0 spiro atoms. The van der Waals surface area contributed by atoms with Gasteiger partial charge < -0.3 is 15.2 Å². The predicted octanol–water partition coefficient (Wildman–Crippen LogP) is 3.42. The fraction of sp³-hybridized carbons (Fsp3) is 0.222. The number of hydrogen-bond acceptors (Lipinski definition) is 5. The highest BCUT2D eigenvalue weighted by molar-refractivity contribution is 7.99. The van der Waals surface area contributed by atoms with Crippen molar-refractivity contribution in [3.05, 3.63) is 58.6 Å². The molecule has 1 amide bonds. The molecule has 2 aromatic carbocycles. The van der Waals surface area contributed by atoms with Gasteiger partial charge in [0.25, 0.3) is 5.91 Å². The van der Waals surface area contributed by atoms with E-state index >= 15 is 0 Å². The van der Waals surface area contributed by atoms with Gasteiger partial charge in [-0.15, -0.1) is 11.8 Å². The molecular formula is C18H18ClNO4S. The average Bonchev–Trinajstić information content (AvgIpc) is 2.58. The maximum absolute atomic E-state index is 11.8. The van der Waals surface area contributed by atoms with Crippen molar-refractivity contribution >= 4 is 35.2 Å². The van der Waals surface area contributed by atoms with Gasteiger partial charge in [-0.25, -0.2) is 4.79 Å². The Bertz CT molecular complexity index is 749. The quantitative estimate of drug-likeness (QED) is 0.438. The molecule has 2 rings (SSSR count). The van der Waals surface area contributed by atoms with Crippen LogP contribution in [0.15, 0.2) is 47.4 Å². The number of thioether (sulfide) groups is 1. The van der Waals surface area contributed by atoms with Crippen molar-refractivity contribution in [2.75, 3.05) is 18.9 Å². The molecule has 0 unspecified atom stereocenters. The summed E-state index contributed by atoms with van der Waals surface area (Å²) in [7, 11) is 0. The van der Waals surface area contributed by atoms with Gasteiger partial charge in [0, 0.05) is 22.2 Å². The van der Waals surface area contributed by atoms with Crippen LogP contribution in [-0.4, -0.2) is 35.9 Å². The Morgan fingerprint density at radius 3 is 2.60 bits per heavy atom. The number of phenolic OH excluding ortho intramolecular Hbond substituents is 1. The Labute approximate surface area is 155 Å². The van der Waals surface area contributed by atoms with E-state index in [0.717, 1.165) is 4.90 Å². The fourth-order valence-corrected chi connectivity index (χ4v) is 2.87. The minimum Gasteiger partial charge on any atom is -0.507 e. The average molecular weight is 380 g/mol. The summed E-state index contributed by atoms with van der Waals surface area (Å²) in [6.45, 7) is 2.08. The Morgan fingerprint density at radius 2 is 1.92 bits per heavy atom. The minimum atomic E-state index is -0.779. The predicted molar refractivity (Wildman–Crippen MR) is 98.3 cm³/mol. The highest BCUT2D eigenvalue weighted by atomic mass is 35.5. The van der Waals surface area contributed by atoms with Crippen LogP contribution in [0.2, 0.25) is 5.02 Å². The number of esters is 1. The molecule has 0 atom stereocenters. The molecule has 2 aromatic rings. The number of carbonyl (C=O) groups excluding carboxylic acids is 2. The summed E-state index contributed by atoms with van der Waals surface area (Å²) >= 11 is 7.32. The van der Waals surface area contributed by atoms with Gasteiger partial charge in [-0.2, -0.15) is 0 Å². The maximum atomic E-state index is 11.8. The van der Waals surface area contributed by atoms with Crippen LogP contribution >= 0.6 is 23.4 Å². The molecule has 2 N–H and O–H groups in total. The van der Waals surface area contributed by atoms with Crippen LogP contribution in [0, 0.1) is 6.92 Å². The monoisotopic (exact) mass is 379 g/mol. The van der Waals surface area contributed by atoms with E-state index in [2.05, 4.69) is 5.32 Å². The third-order valence-corrected chi connectivity index (χ3v) is 4.48. The summed E-state index contributed by atoms with van der Waals surface area (Å²) in [6, 6.07) is 12.2. The molecule has 0 radical (unpaired) electrons. The molecule has 0 saturated carbocycles. The summed E-state index contributed by atoms with van der Waals surface area (Å²) in [5.41, 5.74) is 1.17. The highest BCUT2D eigenvalue weighted by Crippen LogP contribution is 2.22. The molecule has 7 heteroatoms. The first kappa shape index (κ1) is 19.1. The van der Waals surface area contributed by atoms with Gasteiger partial charge in [0.1, 0.15) is 11.3 Å². The molecule has 0 aromatic heterocycles. The second-order valence-electron chi connectivity index (χ2n) is 5.25. The number of aryl methyl sites for hydroxylation is 1. The Kier molecular flexibility index (Phi) is 7.16. The zero-order valence-corrected chi connectivity index (χ0v) is 15.2. The SMILES string of the molecule is Cc1ccc(SCCNC(=O)COC(=O)c2ccc(Cl)cc2O)cc1. The Hall–Kier alpha value is -2.18. The Balaban J connectivity index is 1.68. The number of amides is 1. The van der Waals surface area contributed by atoms with E-state index in [-0.39, 0.29) is 11.3 Å². The first-order valence-corrected chi connectivity index (χ1v) is 8.94. The van der Waals surface area contributed by atoms with Gasteiger partial charge in [-0.1, -0.05) is 29.3 Å². The number of halogens is 1. The van der Waals surface area contributed by atoms with Gasteiger partial charge in [0.05, 0.1) is 0 Å². The van der Waals surface area contributed by atoms with Crippen LogP contribution in [0.4, 0.5) is 0 Å². The molecule has 0 heterocycles. The lowest BCUT2D eigenvalue weighted by molar-refractivity contribution is -0.124. The van der Waals surface area contributed by atoms with E-state index in [1.54, 1.807) is 11.8 Å². The topological polar surface area (TPSA) is 75.6 Å². The van der Waals surface area contributed by atoms with Crippen LogP contribution in [0.3, 0.4) is 0 Å². The van der Waals surface area contributed by atoms with E-state index in [1.165, 1.54) is 23.8 Å². The van der Waals surface area contributed by atoms with E-state index in [4.69, 9.17) is 16.3 Å². The van der Waals surface area contributed by atoms with E-state index in [1.807, 2.05) is 31.2 Å². The van der Waals surface area contributed by atoms with E-state index in [9.17, 15) is 14.7 Å². The number of rotatable bonds is 7. The minimum absolute atomic E-state index is 0.0351. The van der Waals surface area contributed by atoms with Crippen molar-refractivity contribution in [1.29, 1.82) is 0 Å². The highest BCUT2D eigenvalue weighted by Gasteiger charge is 2.14. The van der Waals surface area contributed by atoms with E-state index < -0.39 is 18.5 Å². The molecule has 0 aliphatic carbocycles. The van der Waals surface area contributed by atoms with Crippen molar-refractivity contribution in [2.45, 2.75) is 11.8 Å². The molecule has 0 saturated heterocycles. The van der Waals surface area contributed by atoms with E-state index in [0.29, 0.717) is 17.3 Å². The summed E-state index contributed by atoms with van der Waals surface area (Å²) < 4.78 is 4.88. The number of phenols is 1. The lowest BCUT2D eigenvalue weighted by atomic mass is 10.2. The summed E-state index contributed by atoms with van der Waals surface area (Å²) in [6.07, 6.45) is 0. The second-order valence-corrected chi connectivity index (χ2v) is 6.85.